The summed E-state index contributed by atoms with van der Waals surface area (Å²) in [6.45, 7) is 0.899. The van der Waals surface area contributed by atoms with E-state index in [1.807, 2.05) is 24.3 Å². The van der Waals surface area contributed by atoms with Gasteiger partial charge >= 0.3 is 0 Å². The molecule has 2 heterocycles. The monoisotopic (exact) mass is 337 g/mol. The van der Waals surface area contributed by atoms with Crippen molar-refractivity contribution in [3.05, 3.63) is 35.7 Å². The fraction of sp³-hybridized carbons (Fsp3) is 0.550. The molecule has 1 aromatic carbocycles. The lowest BCUT2D eigenvalue weighted by Crippen LogP contribution is -2.46. The van der Waals surface area contributed by atoms with Gasteiger partial charge in [0.25, 0.3) is 11.8 Å². The van der Waals surface area contributed by atoms with Crippen LogP contribution in [0.5, 0.6) is 0 Å². The molecule has 2 atom stereocenters. The molecule has 0 spiro atoms. The zero-order valence-corrected chi connectivity index (χ0v) is 14.4. The number of carbonyl (C=O) groups excluding carboxylic acids is 1. The molecule has 3 aliphatic rings. The van der Waals surface area contributed by atoms with Crippen LogP contribution in [0.25, 0.3) is 11.5 Å². The van der Waals surface area contributed by atoms with Gasteiger partial charge in [0, 0.05) is 29.6 Å². The number of rotatable bonds is 3. The van der Waals surface area contributed by atoms with Crippen molar-refractivity contribution in [3.63, 3.8) is 0 Å². The Kier molecular flexibility index (Phi) is 3.61. The maximum absolute atomic E-state index is 13.0. The van der Waals surface area contributed by atoms with Crippen molar-refractivity contribution in [1.82, 2.24) is 15.0 Å². The minimum absolute atomic E-state index is 0.173. The van der Waals surface area contributed by atoms with E-state index in [0.29, 0.717) is 17.9 Å². The highest BCUT2D eigenvalue weighted by atomic mass is 16.5. The number of fused-ring (bicyclic) bond motifs is 1. The summed E-state index contributed by atoms with van der Waals surface area (Å²) < 4.78 is 5.37. The number of benzene rings is 1. The third kappa shape index (κ3) is 2.75. The van der Waals surface area contributed by atoms with Crippen LogP contribution >= 0.6 is 0 Å². The Bertz CT molecular complexity index is 778. The SMILES string of the molecule is O=C(c1ccc(-c2nc(C3CC3)no2)cc1)N1CCC[C@@H]2CCC[C@H]21. The summed E-state index contributed by atoms with van der Waals surface area (Å²) in [5, 5.41) is 4.06. The smallest absolute Gasteiger partial charge is 0.257 e. The van der Waals surface area contributed by atoms with Gasteiger partial charge < -0.3 is 9.42 Å². The van der Waals surface area contributed by atoms with Crippen molar-refractivity contribution >= 4 is 5.91 Å². The van der Waals surface area contributed by atoms with Crippen LogP contribution in [0.1, 0.15) is 67.0 Å². The second-order valence-corrected chi connectivity index (χ2v) is 7.71. The largest absolute Gasteiger partial charge is 0.335 e. The summed E-state index contributed by atoms with van der Waals surface area (Å²) >= 11 is 0. The summed E-state index contributed by atoms with van der Waals surface area (Å²) in [5.74, 6) is 2.74. The predicted molar refractivity (Wildman–Crippen MR) is 93.1 cm³/mol. The van der Waals surface area contributed by atoms with E-state index in [1.165, 1.54) is 25.7 Å². The van der Waals surface area contributed by atoms with E-state index in [1.54, 1.807) is 0 Å². The molecule has 2 aromatic rings. The van der Waals surface area contributed by atoms with Gasteiger partial charge in [-0.15, -0.1) is 0 Å². The van der Waals surface area contributed by atoms with Crippen LogP contribution in [0.4, 0.5) is 0 Å². The average molecular weight is 337 g/mol. The summed E-state index contributed by atoms with van der Waals surface area (Å²) in [7, 11) is 0. The zero-order chi connectivity index (χ0) is 16.8. The molecule has 5 nitrogen and oxygen atoms in total. The van der Waals surface area contributed by atoms with Crippen molar-refractivity contribution in [2.75, 3.05) is 6.54 Å². The summed E-state index contributed by atoms with van der Waals surface area (Å²) in [5.41, 5.74) is 1.64. The summed E-state index contributed by atoms with van der Waals surface area (Å²) in [6.07, 6.45) is 8.45. The molecule has 3 fully saturated rings. The van der Waals surface area contributed by atoms with Crippen LogP contribution in [0.3, 0.4) is 0 Å². The van der Waals surface area contributed by atoms with Gasteiger partial charge in [-0.05, 0) is 68.7 Å². The standard InChI is InChI=1S/C20H23N3O2/c24-20(23-12-2-4-13-3-1-5-17(13)23)16-10-8-15(9-11-16)19-21-18(22-25-19)14-6-7-14/h8-11,13-14,17H,1-7,12H2/t13-,17+/m0/s1. The quantitative estimate of drug-likeness (QED) is 0.849. The molecular formula is C20H23N3O2. The Morgan fingerprint density at radius 1 is 1.04 bits per heavy atom. The lowest BCUT2D eigenvalue weighted by Gasteiger charge is -2.37. The van der Waals surface area contributed by atoms with Crippen molar-refractivity contribution in [2.45, 2.75) is 56.9 Å². The number of nitrogens with zero attached hydrogens (tertiary/aromatic N) is 3. The molecule has 5 heteroatoms. The van der Waals surface area contributed by atoms with Gasteiger partial charge in [0.15, 0.2) is 5.82 Å². The Morgan fingerprint density at radius 3 is 2.64 bits per heavy atom. The first-order chi connectivity index (χ1) is 12.3. The normalized spacial score (nSPS) is 25.8. The highest BCUT2D eigenvalue weighted by molar-refractivity contribution is 5.95. The lowest BCUT2D eigenvalue weighted by molar-refractivity contribution is 0.0548. The van der Waals surface area contributed by atoms with E-state index < -0.39 is 0 Å². The van der Waals surface area contributed by atoms with Gasteiger partial charge in [0.05, 0.1) is 0 Å². The Balaban J connectivity index is 1.34. The van der Waals surface area contributed by atoms with Crippen molar-refractivity contribution in [3.8, 4) is 11.5 Å². The van der Waals surface area contributed by atoms with Crippen LogP contribution < -0.4 is 0 Å². The van der Waals surface area contributed by atoms with Crippen molar-refractivity contribution < 1.29 is 9.32 Å². The molecule has 25 heavy (non-hydrogen) atoms. The first-order valence-electron chi connectivity index (χ1n) is 9.54. The number of carbonyl (C=O) groups is 1. The molecule has 0 N–H and O–H groups in total. The number of likely N-dealkylation sites (tertiary alicyclic amines) is 1. The van der Waals surface area contributed by atoms with E-state index in [0.717, 1.165) is 48.7 Å². The van der Waals surface area contributed by atoms with Crippen LogP contribution in [-0.2, 0) is 0 Å². The molecule has 2 aliphatic carbocycles. The highest BCUT2D eigenvalue weighted by Crippen LogP contribution is 2.39. The second-order valence-electron chi connectivity index (χ2n) is 7.71. The molecule has 0 radical (unpaired) electrons. The molecule has 0 bridgehead atoms. The molecule has 1 saturated heterocycles. The third-order valence-corrected chi connectivity index (χ3v) is 6.02. The van der Waals surface area contributed by atoms with Crippen LogP contribution in [0.2, 0.25) is 0 Å². The number of amides is 1. The van der Waals surface area contributed by atoms with Gasteiger partial charge in [0.2, 0.25) is 0 Å². The molecule has 1 amide bonds. The molecule has 2 saturated carbocycles. The van der Waals surface area contributed by atoms with Gasteiger partial charge in [0.1, 0.15) is 0 Å². The minimum Gasteiger partial charge on any atom is -0.335 e. The molecule has 5 rings (SSSR count). The summed E-state index contributed by atoms with van der Waals surface area (Å²) in [4.78, 5) is 19.6. The van der Waals surface area contributed by atoms with E-state index >= 15 is 0 Å². The van der Waals surface area contributed by atoms with E-state index in [4.69, 9.17) is 4.52 Å². The predicted octanol–water partition coefficient (Wildman–Crippen LogP) is 4.02. The minimum atomic E-state index is 0.173. The van der Waals surface area contributed by atoms with Gasteiger partial charge in [-0.3, -0.25) is 4.79 Å². The highest BCUT2D eigenvalue weighted by Gasteiger charge is 2.37. The first kappa shape index (κ1) is 15.1. The summed E-state index contributed by atoms with van der Waals surface area (Å²) in [6, 6.07) is 8.10. The molecule has 130 valence electrons. The van der Waals surface area contributed by atoms with Crippen LogP contribution in [0.15, 0.2) is 28.8 Å². The number of piperidine rings is 1. The van der Waals surface area contributed by atoms with Crippen LogP contribution in [0, 0.1) is 5.92 Å². The Labute approximate surface area is 147 Å². The topological polar surface area (TPSA) is 59.2 Å². The fourth-order valence-corrected chi connectivity index (χ4v) is 4.49. The van der Waals surface area contributed by atoms with Crippen LogP contribution in [-0.4, -0.2) is 33.5 Å². The number of hydrogen-bond donors (Lipinski definition) is 0. The molecule has 1 aliphatic heterocycles. The van der Waals surface area contributed by atoms with Gasteiger partial charge in [-0.25, -0.2) is 0 Å². The maximum Gasteiger partial charge on any atom is 0.257 e. The van der Waals surface area contributed by atoms with Gasteiger partial charge in [-0.2, -0.15) is 4.98 Å². The number of hydrogen-bond acceptors (Lipinski definition) is 4. The van der Waals surface area contributed by atoms with Gasteiger partial charge in [-0.1, -0.05) is 11.6 Å². The first-order valence-corrected chi connectivity index (χ1v) is 9.54. The molecular weight excluding hydrogens is 314 g/mol. The Hall–Kier alpha value is -2.17. The van der Waals surface area contributed by atoms with E-state index in [-0.39, 0.29) is 5.91 Å². The van der Waals surface area contributed by atoms with E-state index in [2.05, 4.69) is 15.0 Å². The second kappa shape index (κ2) is 5.97. The number of aromatic nitrogens is 2. The van der Waals surface area contributed by atoms with E-state index in [9.17, 15) is 4.79 Å². The fourth-order valence-electron chi connectivity index (χ4n) is 4.49. The lowest BCUT2D eigenvalue weighted by atomic mass is 9.91. The zero-order valence-electron chi connectivity index (χ0n) is 14.4. The molecule has 0 unspecified atom stereocenters. The third-order valence-electron chi connectivity index (χ3n) is 6.02. The average Bonchev–Trinajstić information content (AvgIpc) is 3.19. The maximum atomic E-state index is 13.0. The molecule has 1 aromatic heterocycles. The Morgan fingerprint density at radius 2 is 1.84 bits per heavy atom. The van der Waals surface area contributed by atoms with Crippen molar-refractivity contribution in [1.29, 1.82) is 0 Å². The van der Waals surface area contributed by atoms with Crippen molar-refractivity contribution in [2.24, 2.45) is 5.92 Å².